The van der Waals surface area contributed by atoms with E-state index in [-0.39, 0.29) is 35.2 Å². The van der Waals surface area contributed by atoms with Crippen LogP contribution in [0.4, 0.5) is 4.39 Å². The zero-order chi connectivity index (χ0) is 19.7. The average Bonchev–Trinajstić information content (AvgIpc) is 2.67. The number of hydrogen-bond donors (Lipinski definition) is 1. The van der Waals surface area contributed by atoms with Crippen LogP contribution in [0.25, 0.3) is 0 Å². The van der Waals surface area contributed by atoms with Gasteiger partial charge in [0.1, 0.15) is 5.82 Å². The summed E-state index contributed by atoms with van der Waals surface area (Å²) in [6.45, 7) is 8.27. The van der Waals surface area contributed by atoms with E-state index in [1.54, 1.807) is 19.2 Å². The molecule has 0 aromatic heterocycles. The molecule has 0 unspecified atom stereocenters. The van der Waals surface area contributed by atoms with Gasteiger partial charge in [-0.05, 0) is 37.0 Å². The summed E-state index contributed by atoms with van der Waals surface area (Å²) in [5.41, 5.74) is 0.787. The second-order valence-electron chi connectivity index (χ2n) is 7.70. The van der Waals surface area contributed by atoms with Crippen LogP contribution < -0.4 is 5.32 Å². The molecule has 28 heavy (non-hydrogen) atoms. The second kappa shape index (κ2) is 12.6. The number of rotatable bonds is 8. The van der Waals surface area contributed by atoms with E-state index in [1.165, 1.54) is 6.07 Å². The number of ether oxygens (including phenoxy) is 2. The monoisotopic (exact) mass is 507 g/mol. The number of aliphatic imine (C=N–C) groups is 1. The summed E-state index contributed by atoms with van der Waals surface area (Å²) in [4.78, 5) is 6.71. The quantitative estimate of drug-likeness (QED) is 0.252. The van der Waals surface area contributed by atoms with E-state index >= 15 is 0 Å². The number of likely N-dealkylation sites (tertiary alicyclic amines) is 1. The third kappa shape index (κ3) is 7.83. The molecule has 0 bridgehead atoms. The molecule has 0 saturated carbocycles. The summed E-state index contributed by atoms with van der Waals surface area (Å²) in [5.74, 6) is 0.704. The van der Waals surface area contributed by atoms with Crippen molar-refractivity contribution in [3.63, 3.8) is 0 Å². The SMILES string of the molecule is CN=C(NCC(C)(C)c1cccc(F)c1)N1CCC(OCCCOC)CC1.I. The van der Waals surface area contributed by atoms with Crippen LogP contribution in [0.1, 0.15) is 38.7 Å². The van der Waals surface area contributed by atoms with Crippen molar-refractivity contribution in [2.45, 2.75) is 44.6 Å². The summed E-state index contributed by atoms with van der Waals surface area (Å²) < 4.78 is 24.5. The number of methoxy groups -OCH3 is 1. The third-order valence-corrected chi connectivity index (χ3v) is 5.09. The minimum Gasteiger partial charge on any atom is -0.385 e. The van der Waals surface area contributed by atoms with Crippen molar-refractivity contribution in [3.05, 3.63) is 35.6 Å². The van der Waals surface area contributed by atoms with Gasteiger partial charge in [-0.1, -0.05) is 26.0 Å². The smallest absolute Gasteiger partial charge is 0.193 e. The van der Waals surface area contributed by atoms with E-state index in [1.807, 2.05) is 13.1 Å². The fraction of sp³-hybridized carbons (Fsp3) is 0.667. The molecular formula is C21H35FIN3O2. The molecule has 1 aromatic rings. The Kier molecular flexibility index (Phi) is 11.3. The Morgan fingerprint density at radius 2 is 2.00 bits per heavy atom. The molecule has 0 amide bonds. The first-order chi connectivity index (χ1) is 13.0. The van der Waals surface area contributed by atoms with Gasteiger partial charge in [0.15, 0.2) is 5.96 Å². The van der Waals surface area contributed by atoms with Crippen molar-refractivity contribution in [1.29, 1.82) is 0 Å². The minimum absolute atomic E-state index is 0. The first kappa shape index (κ1) is 25.1. The summed E-state index contributed by atoms with van der Waals surface area (Å²) >= 11 is 0. The number of nitrogens with zero attached hydrogens (tertiary/aromatic N) is 2. The van der Waals surface area contributed by atoms with Gasteiger partial charge in [-0.3, -0.25) is 4.99 Å². The molecule has 160 valence electrons. The van der Waals surface area contributed by atoms with E-state index in [0.29, 0.717) is 12.6 Å². The molecule has 1 heterocycles. The lowest BCUT2D eigenvalue weighted by Gasteiger charge is -2.35. The number of guanidine groups is 1. The number of halogens is 2. The Balaban J connectivity index is 0.00000392. The van der Waals surface area contributed by atoms with Gasteiger partial charge in [-0.25, -0.2) is 4.39 Å². The highest BCUT2D eigenvalue weighted by Gasteiger charge is 2.25. The second-order valence-corrected chi connectivity index (χ2v) is 7.70. The van der Waals surface area contributed by atoms with Gasteiger partial charge in [-0.15, -0.1) is 24.0 Å². The van der Waals surface area contributed by atoms with Gasteiger partial charge >= 0.3 is 0 Å². The molecule has 0 spiro atoms. The number of piperidine rings is 1. The van der Waals surface area contributed by atoms with Gasteiger partial charge in [-0.2, -0.15) is 0 Å². The Morgan fingerprint density at radius 1 is 1.29 bits per heavy atom. The normalized spacial score (nSPS) is 16.0. The van der Waals surface area contributed by atoms with Crippen molar-refractivity contribution in [2.24, 2.45) is 4.99 Å². The molecule has 1 fully saturated rings. The lowest BCUT2D eigenvalue weighted by atomic mass is 9.84. The number of nitrogens with one attached hydrogen (secondary N) is 1. The topological polar surface area (TPSA) is 46.1 Å². The summed E-state index contributed by atoms with van der Waals surface area (Å²) in [6.07, 6.45) is 3.26. The van der Waals surface area contributed by atoms with E-state index < -0.39 is 0 Å². The molecule has 1 aliphatic rings. The van der Waals surface area contributed by atoms with Crippen molar-refractivity contribution < 1.29 is 13.9 Å². The number of hydrogen-bond acceptors (Lipinski definition) is 3. The molecule has 2 rings (SSSR count). The summed E-state index contributed by atoms with van der Waals surface area (Å²) in [6, 6.07) is 6.82. The summed E-state index contributed by atoms with van der Waals surface area (Å²) in [5, 5.41) is 3.47. The van der Waals surface area contributed by atoms with Gasteiger partial charge in [0.2, 0.25) is 0 Å². The highest BCUT2D eigenvalue weighted by molar-refractivity contribution is 14.0. The lowest BCUT2D eigenvalue weighted by molar-refractivity contribution is 0.00987. The maximum absolute atomic E-state index is 13.6. The van der Waals surface area contributed by atoms with Gasteiger partial charge in [0, 0.05) is 52.4 Å². The lowest BCUT2D eigenvalue weighted by Crippen LogP contribution is -2.49. The summed E-state index contributed by atoms with van der Waals surface area (Å²) in [7, 11) is 3.53. The maximum atomic E-state index is 13.6. The van der Waals surface area contributed by atoms with Crippen LogP contribution in [-0.4, -0.2) is 64.0 Å². The van der Waals surface area contributed by atoms with Crippen LogP contribution in [0.15, 0.2) is 29.3 Å². The Labute approximate surface area is 186 Å². The first-order valence-corrected chi connectivity index (χ1v) is 9.78. The van der Waals surface area contributed by atoms with Gasteiger partial charge in [0.25, 0.3) is 0 Å². The largest absolute Gasteiger partial charge is 0.385 e. The fourth-order valence-corrected chi connectivity index (χ4v) is 3.33. The zero-order valence-electron chi connectivity index (χ0n) is 17.5. The molecular weight excluding hydrogens is 472 g/mol. The molecule has 7 heteroatoms. The Bertz CT molecular complexity index is 605. The molecule has 1 aromatic carbocycles. The average molecular weight is 507 g/mol. The van der Waals surface area contributed by atoms with Crippen molar-refractivity contribution in [1.82, 2.24) is 10.2 Å². The van der Waals surface area contributed by atoms with Gasteiger partial charge in [0.05, 0.1) is 6.10 Å². The molecule has 1 N–H and O–H groups in total. The zero-order valence-corrected chi connectivity index (χ0v) is 19.9. The number of benzene rings is 1. The predicted octanol–water partition coefficient (Wildman–Crippen LogP) is 3.81. The molecule has 1 aliphatic heterocycles. The Hall–Kier alpha value is -0.930. The van der Waals surface area contributed by atoms with Gasteiger partial charge < -0.3 is 19.7 Å². The van der Waals surface area contributed by atoms with Crippen molar-refractivity contribution in [3.8, 4) is 0 Å². The van der Waals surface area contributed by atoms with Crippen LogP contribution in [0.5, 0.6) is 0 Å². The highest BCUT2D eigenvalue weighted by Crippen LogP contribution is 2.23. The van der Waals surface area contributed by atoms with E-state index in [2.05, 4.69) is 29.1 Å². The molecule has 0 aliphatic carbocycles. The third-order valence-electron chi connectivity index (χ3n) is 5.09. The predicted molar refractivity (Wildman–Crippen MR) is 123 cm³/mol. The maximum Gasteiger partial charge on any atom is 0.193 e. The first-order valence-electron chi connectivity index (χ1n) is 9.78. The van der Waals surface area contributed by atoms with Crippen LogP contribution in [-0.2, 0) is 14.9 Å². The van der Waals surface area contributed by atoms with Crippen LogP contribution in [0.3, 0.4) is 0 Å². The minimum atomic E-state index is -0.197. The van der Waals surface area contributed by atoms with Crippen LogP contribution >= 0.6 is 24.0 Å². The molecule has 0 atom stereocenters. The highest BCUT2D eigenvalue weighted by atomic mass is 127. The van der Waals surface area contributed by atoms with E-state index in [0.717, 1.165) is 57.1 Å². The van der Waals surface area contributed by atoms with E-state index in [4.69, 9.17) is 9.47 Å². The van der Waals surface area contributed by atoms with E-state index in [9.17, 15) is 4.39 Å². The molecule has 1 saturated heterocycles. The fourth-order valence-electron chi connectivity index (χ4n) is 3.33. The van der Waals surface area contributed by atoms with Crippen LogP contribution in [0.2, 0.25) is 0 Å². The van der Waals surface area contributed by atoms with Crippen molar-refractivity contribution in [2.75, 3.05) is 47.0 Å². The Morgan fingerprint density at radius 3 is 2.61 bits per heavy atom. The molecule has 0 radical (unpaired) electrons. The molecule has 5 nitrogen and oxygen atoms in total. The standard InChI is InChI=1S/C21H34FN3O2.HI/c1-21(2,17-7-5-8-18(22)15-17)16-24-20(23-3)25-11-9-19(10-12-25)27-14-6-13-26-4;/h5,7-8,15,19H,6,9-14,16H2,1-4H3,(H,23,24);1H. The van der Waals surface area contributed by atoms with Crippen LogP contribution in [0, 0.1) is 5.82 Å². The van der Waals surface area contributed by atoms with Crippen molar-refractivity contribution >= 4 is 29.9 Å².